The minimum Gasteiger partial charge on any atom is -0.462 e. The predicted octanol–water partition coefficient (Wildman–Crippen LogP) is 0.218. The molecule has 2 aliphatic heterocycles. The van der Waals surface area contributed by atoms with Crippen LogP contribution in [0.4, 0.5) is 9.59 Å². The lowest BCUT2D eigenvalue weighted by molar-refractivity contribution is -0.280. The normalized spacial score (nSPS) is 28.3. The first kappa shape index (κ1) is 28.6. The summed E-state index contributed by atoms with van der Waals surface area (Å²) in [6.07, 6.45) is -2.34. The van der Waals surface area contributed by atoms with E-state index in [-0.39, 0.29) is 52.7 Å². The summed E-state index contributed by atoms with van der Waals surface area (Å²) in [4.78, 5) is 47.4. The van der Waals surface area contributed by atoms with Crippen LogP contribution in [0.3, 0.4) is 0 Å². The molecule has 35 heavy (non-hydrogen) atoms. The van der Waals surface area contributed by atoms with Crippen LogP contribution in [-0.2, 0) is 47.5 Å². The van der Waals surface area contributed by atoms with Gasteiger partial charge in [-0.15, -0.1) is 0 Å². The molecule has 0 unspecified atom stereocenters. The first-order valence-corrected chi connectivity index (χ1v) is 11.4. The maximum atomic E-state index is 11.9. The molecule has 0 bridgehead atoms. The van der Waals surface area contributed by atoms with Gasteiger partial charge in [0.1, 0.15) is 0 Å². The topological polar surface area (TPSA) is 166 Å². The molecule has 0 aromatic heterocycles. The van der Waals surface area contributed by atoms with E-state index in [2.05, 4.69) is 10.6 Å². The van der Waals surface area contributed by atoms with Gasteiger partial charge >= 0.3 is 24.1 Å². The maximum absolute atomic E-state index is 11.9. The quantitative estimate of drug-likeness (QED) is 0.235. The molecule has 0 atom stereocenters. The Morgan fingerprint density at radius 3 is 1.37 bits per heavy atom. The first-order chi connectivity index (χ1) is 16.6. The molecular weight excluding hydrogens is 472 g/mol. The Kier molecular flexibility index (Phi) is 10.9. The Hall–Kier alpha value is -2.68. The van der Waals surface area contributed by atoms with Crippen molar-refractivity contribution in [2.75, 3.05) is 52.7 Å². The van der Waals surface area contributed by atoms with Crippen molar-refractivity contribution in [3.63, 3.8) is 0 Å². The second-order valence-corrected chi connectivity index (χ2v) is 7.84. The van der Waals surface area contributed by atoms with Crippen LogP contribution in [0.2, 0.25) is 0 Å². The van der Waals surface area contributed by atoms with Gasteiger partial charge in [0.05, 0.1) is 39.6 Å². The van der Waals surface area contributed by atoms with Crippen LogP contribution in [0.1, 0.15) is 34.1 Å². The number of hydrogen-bond acceptors (Lipinski definition) is 12. The van der Waals surface area contributed by atoms with E-state index < -0.39 is 47.9 Å². The van der Waals surface area contributed by atoms with Crippen LogP contribution in [0.15, 0.2) is 0 Å². The molecule has 2 saturated heterocycles. The Morgan fingerprint density at radius 1 is 0.714 bits per heavy atom. The summed E-state index contributed by atoms with van der Waals surface area (Å²) in [7, 11) is 0. The highest BCUT2D eigenvalue weighted by molar-refractivity contribution is 5.78. The number of ether oxygens (including phenoxy) is 8. The zero-order chi connectivity index (χ0) is 25.9. The van der Waals surface area contributed by atoms with Gasteiger partial charge in [0.15, 0.2) is 12.2 Å². The van der Waals surface area contributed by atoms with E-state index in [0.717, 1.165) is 0 Å². The number of hydrogen-bond donors (Lipinski definition) is 2. The molecule has 2 fully saturated rings. The fourth-order valence-corrected chi connectivity index (χ4v) is 2.94. The van der Waals surface area contributed by atoms with E-state index in [1.165, 1.54) is 13.8 Å². The number of alkyl carbamates (subject to hydrolysis) is 2. The van der Waals surface area contributed by atoms with E-state index in [0.29, 0.717) is 6.42 Å². The van der Waals surface area contributed by atoms with Crippen molar-refractivity contribution < 1.29 is 57.1 Å². The summed E-state index contributed by atoms with van der Waals surface area (Å²) < 4.78 is 41.5. The standard InChI is InChI=1S/C21H34N2O12/c1-5-28-16(24)20(3)30-10-14(11-31-20)34-18(26)22-8-7-9-23-19(27)35-15-12-32-21(4,33-13-15)17(25)29-6-2/h14-15H,5-13H2,1-4H3,(H,22,26)(H,23,27). The fourth-order valence-electron chi connectivity index (χ4n) is 2.94. The van der Waals surface area contributed by atoms with Gasteiger partial charge < -0.3 is 48.5 Å². The molecule has 2 aliphatic rings. The average molecular weight is 507 g/mol. The molecule has 0 spiro atoms. The van der Waals surface area contributed by atoms with Crippen molar-refractivity contribution in [3.8, 4) is 0 Å². The van der Waals surface area contributed by atoms with Gasteiger partial charge in [-0.2, -0.15) is 0 Å². The van der Waals surface area contributed by atoms with Gasteiger partial charge in [-0.3, -0.25) is 0 Å². The minimum atomic E-state index is -1.52. The Labute approximate surface area is 203 Å². The summed E-state index contributed by atoms with van der Waals surface area (Å²) in [5.74, 6) is -4.34. The molecule has 2 heterocycles. The predicted molar refractivity (Wildman–Crippen MR) is 115 cm³/mol. The molecule has 2 N–H and O–H groups in total. The Morgan fingerprint density at radius 2 is 1.06 bits per heavy atom. The second kappa shape index (κ2) is 13.4. The van der Waals surface area contributed by atoms with Crippen molar-refractivity contribution in [1.29, 1.82) is 0 Å². The van der Waals surface area contributed by atoms with Crippen LogP contribution in [0.25, 0.3) is 0 Å². The molecule has 200 valence electrons. The van der Waals surface area contributed by atoms with Crippen molar-refractivity contribution >= 4 is 24.1 Å². The van der Waals surface area contributed by atoms with Crippen molar-refractivity contribution in [3.05, 3.63) is 0 Å². The van der Waals surface area contributed by atoms with Crippen molar-refractivity contribution in [2.45, 2.75) is 57.9 Å². The average Bonchev–Trinajstić information content (AvgIpc) is 2.82. The highest BCUT2D eigenvalue weighted by Gasteiger charge is 2.43. The minimum absolute atomic E-state index is 0.0241. The summed E-state index contributed by atoms with van der Waals surface area (Å²) in [6, 6.07) is 0. The van der Waals surface area contributed by atoms with Crippen LogP contribution in [0, 0.1) is 0 Å². The summed E-state index contributed by atoms with van der Waals surface area (Å²) in [5.41, 5.74) is 0. The highest BCUT2D eigenvalue weighted by atomic mass is 16.8. The smallest absolute Gasteiger partial charge is 0.407 e. The highest BCUT2D eigenvalue weighted by Crippen LogP contribution is 2.22. The zero-order valence-electron chi connectivity index (χ0n) is 20.4. The molecule has 2 amide bonds. The van der Waals surface area contributed by atoms with Gasteiger partial charge in [0, 0.05) is 26.9 Å². The fraction of sp³-hybridized carbons (Fsp3) is 0.810. The van der Waals surface area contributed by atoms with Crippen LogP contribution in [0.5, 0.6) is 0 Å². The lowest BCUT2D eigenvalue weighted by Gasteiger charge is -2.35. The summed E-state index contributed by atoms with van der Waals surface area (Å²) in [6.45, 7) is 6.95. The first-order valence-electron chi connectivity index (χ1n) is 11.4. The van der Waals surface area contributed by atoms with Crippen LogP contribution < -0.4 is 10.6 Å². The van der Waals surface area contributed by atoms with E-state index in [1.54, 1.807) is 13.8 Å². The third-order valence-corrected chi connectivity index (χ3v) is 4.91. The monoisotopic (exact) mass is 506 g/mol. The number of amides is 2. The third kappa shape index (κ3) is 8.80. The maximum Gasteiger partial charge on any atom is 0.407 e. The number of rotatable bonds is 10. The van der Waals surface area contributed by atoms with Crippen LogP contribution in [-0.4, -0.2) is 101 Å². The van der Waals surface area contributed by atoms with Crippen LogP contribution >= 0.6 is 0 Å². The molecule has 0 radical (unpaired) electrons. The van der Waals surface area contributed by atoms with Gasteiger partial charge in [0.2, 0.25) is 0 Å². The molecule has 0 aliphatic carbocycles. The molecule has 2 rings (SSSR count). The number of carbonyl (C=O) groups excluding carboxylic acids is 4. The lowest BCUT2D eigenvalue weighted by atomic mass is 10.2. The van der Waals surface area contributed by atoms with E-state index >= 15 is 0 Å². The summed E-state index contributed by atoms with van der Waals surface area (Å²) in [5, 5.41) is 5.08. The molecule has 14 heteroatoms. The SMILES string of the molecule is CCOC(=O)C1(C)OCC(OC(=O)NCCCNC(=O)OC2COC(C)(C(=O)OCC)OC2)CO1. The molecular formula is C21H34N2O12. The number of esters is 2. The molecule has 0 saturated carbocycles. The molecule has 0 aromatic rings. The van der Waals surface area contributed by atoms with Gasteiger partial charge in [0.25, 0.3) is 11.6 Å². The lowest BCUT2D eigenvalue weighted by Crippen LogP contribution is -2.52. The van der Waals surface area contributed by atoms with E-state index in [9.17, 15) is 19.2 Å². The van der Waals surface area contributed by atoms with E-state index in [1.807, 2.05) is 0 Å². The Bertz CT molecular complexity index is 670. The van der Waals surface area contributed by atoms with Crippen molar-refractivity contribution in [1.82, 2.24) is 10.6 Å². The molecule has 0 aromatic carbocycles. The zero-order valence-corrected chi connectivity index (χ0v) is 20.4. The second-order valence-electron chi connectivity index (χ2n) is 7.84. The van der Waals surface area contributed by atoms with E-state index in [4.69, 9.17) is 37.9 Å². The number of nitrogens with one attached hydrogen (secondary N) is 2. The Balaban J connectivity index is 1.54. The summed E-state index contributed by atoms with van der Waals surface area (Å²) >= 11 is 0. The van der Waals surface area contributed by atoms with Gasteiger partial charge in [-0.1, -0.05) is 0 Å². The van der Waals surface area contributed by atoms with Gasteiger partial charge in [-0.05, 0) is 20.3 Å². The third-order valence-electron chi connectivity index (χ3n) is 4.91. The van der Waals surface area contributed by atoms with Crippen molar-refractivity contribution in [2.24, 2.45) is 0 Å². The van der Waals surface area contributed by atoms with Gasteiger partial charge in [-0.25, -0.2) is 19.2 Å². The largest absolute Gasteiger partial charge is 0.462 e. The number of carbonyl (C=O) groups is 4. The molecule has 14 nitrogen and oxygen atoms in total.